The largest absolute Gasteiger partial charge is 0.508 e. The summed E-state index contributed by atoms with van der Waals surface area (Å²) in [5, 5.41) is 9.63. The molecule has 0 fully saturated rings. The number of rotatable bonds is 4. The first-order valence-electron chi connectivity index (χ1n) is 5.45. The van der Waals surface area contributed by atoms with Crippen LogP contribution in [0.4, 0.5) is 0 Å². The topological polar surface area (TPSA) is 29.5 Å². The predicted octanol–water partition coefficient (Wildman–Crippen LogP) is 3.91. The van der Waals surface area contributed by atoms with Crippen molar-refractivity contribution in [3.8, 4) is 17.2 Å². The van der Waals surface area contributed by atoms with E-state index in [0.717, 1.165) is 11.3 Å². The Bertz CT molecular complexity index is 504. The molecule has 2 rings (SSSR count). The van der Waals surface area contributed by atoms with E-state index in [1.807, 2.05) is 36.4 Å². The van der Waals surface area contributed by atoms with Gasteiger partial charge >= 0.3 is 0 Å². The van der Waals surface area contributed by atoms with Crippen LogP contribution in [0.25, 0.3) is 0 Å². The number of ether oxygens (including phenoxy) is 1. The van der Waals surface area contributed by atoms with Gasteiger partial charge in [-0.2, -0.15) is 0 Å². The van der Waals surface area contributed by atoms with Crippen LogP contribution in [0.3, 0.4) is 0 Å². The molecule has 0 radical (unpaired) electrons. The second-order valence-corrected chi connectivity index (χ2v) is 3.70. The van der Waals surface area contributed by atoms with E-state index in [1.165, 1.54) is 0 Å². The van der Waals surface area contributed by atoms with Crippen molar-refractivity contribution in [2.24, 2.45) is 0 Å². The molecular formula is C15H14O2. The summed E-state index contributed by atoms with van der Waals surface area (Å²) < 4.78 is 5.67. The SMILES string of the molecule is C=CCc1cc(Oc2ccccc2)ccc1O. The Hall–Kier alpha value is -2.22. The van der Waals surface area contributed by atoms with Gasteiger partial charge in [0.05, 0.1) is 0 Å². The highest BCUT2D eigenvalue weighted by Crippen LogP contribution is 2.27. The third-order valence-corrected chi connectivity index (χ3v) is 2.39. The van der Waals surface area contributed by atoms with Gasteiger partial charge in [-0.05, 0) is 36.8 Å². The molecule has 0 amide bonds. The summed E-state index contributed by atoms with van der Waals surface area (Å²) in [6.45, 7) is 3.66. The Labute approximate surface area is 101 Å². The summed E-state index contributed by atoms with van der Waals surface area (Å²) in [6.07, 6.45) is 2.37. The summed E-state index contributed by atoms with van der Waals surface area (Å²) in [7, 11) is 0. The molecule has 86 valence electrons. The molecule has 0 spiro atoms. The van der Waals surface area contributed by atoms with Crippen molar-refractivity contribution in [3.05, 3.63) is 66.7 Å². The van der Waals surface area contributed by atoms with Crippen molar-refractivity contribution in [3.63, 3.8) is 0 Å². The van der Waals surface area contributed by atoms with Crippen LogP contribution < -0.4 is 4.74 Å². The lowest BCUT2D eigenvalue weighted by Crippen LogP contribution is -1.87. The minimum Gasteiger partial charge on any atom is -0.508 e. The standard InChI is InChI=1S/C15H14O2/c1-2-6-12-11-14(9-10-15(12)16)17-13-7-4-3-5-8-13/h2-5,7-11,16H,1,6H2. The highest BCUT2D eigenvalue weighted by molar-refractivity contribution is 5.42. The van der Waals surface area contributed by atoms with Crippen LogP contribution in [0, 0.1) is 0 Å². The minimum atomic E-state index is 0.269. The van der Waals surface area contributed by atoms with Gasteiger partial charge in [0.2, 0.25) is 0 Å². The van der Waals surface area contributed by atoms with Crippen molar-refractivity contribution in [2.75, 3.05) is 0 Å². The summed E-state index contributed by atoms with van der Waals surface area (Å²) in [4.78, 5) is 0. The maximum absolute atomic E-state index is 9.63. The van der Waals surface area contributed by atoms with Gasteiger partial charge in [0.1, 0.15) is 17.2 Å². The second-order valence-electron chi connectivity index (χ2n) is 3.70. The van der Waals surface area contributed by atoms with E-state index in [9.17, 15) is 5.11 Å². The second kappa shape index (κ2) is 5.21. The highest BCUT2D eigenvalue weighted by Gasteiger charge is 2.02. The number of para-hydroxylation sites is 1. The van der Waals surface area contributed by atoms with Crippen LogP contribution in [0.15, 0.2) is 61.2 Å². The molecule has 0 bridgehead atoms. The molecule has 0 atom stereocenters. The summed E-state index contributed by atoms with van der Waals surface area (Å²) in [5.41, 5.74) is 0.813. The zero-order chi connectivity index (χ0) is 12.1. The van der Waals surface area contributed by atoms with Gasteiger partial charge in [-0.1, -0.05) is 24.3 Å². The number of phenolic OH excluding ortho intramolecular Hbond substituents is 1. The molecule has 0 unspecified atom stereocenters. The van der Waals surface area contributed by atoms with Crippen molar-refractivity contribution >= 4 is 0 Å². The Kier molecular flexibility index (Phi) is 3.46. The fraction of sp³-hybridized carbons (Fsp3) is 0.0667. The molecule has 2 aromatic carbocycles. The van der Waals surface area contributed by atoms with Crippen LogP contribution >= 0.6 is 0 Å². The summed E-state index contributed by atoms with van der Waals surface area (Å²) in [6, 6.07) is 14.8. The molecule has 0 saturated heterocycles. The smallest absolute Gasteiger partial charge is 0.127 e. The molecule has 0 heterocycles. The van der Waals surface area contributed by atoms with Crippen molar-refractivity contribution in [2.45, 2.75) is 6.42 Å². The fourth-order valence-corrected chi connectivity index (χ4v) is 1.57. The predicted molar refractivity (Wildman–Crippen MR) is 68.5 cm³/mol. The first-order valence-corrected chi connectivity index (χ1v) is 5.45. The molecule has 2 heteroatoms. The lowest BCUT2D eigenvalue weighted by Gasteiger charge is -2.08. The average Bonchev–Trinajstić information content (AvgIpc) is 2.35. The normalized spacial score (nSPS) is 9.88. The molecule has 2 aromatic rings. The number of allylic oxidation sites excluding steroid dienone is 1. The maximum Gasteiger partial charge on any atom is 0.127 e. The monoisotopic (exact) mass is 226 g/mol. The highest BCUT2D eigenvalue weighted by atomic mass is 16.5. The molecule has 2 nitrogen and oxygen atoms in total. The van der Waals surface area contributed by atoms with Gasteiger partial charge in [0.15, 0.2) is 0 Å². The third kappa shape index (κ3) is 2.88. The molecule has 1 N–H and O–H groups in total. The Morgan fingerprint density at radius 2 is 1.82 bits per heavy atom. The van der Waals surface area contributed by atoms with Crippen LogP contribution in [0.5, 0.6) is 17.2 Å². The van der Waals surface area contributed by atoms with Gasteiger partial charge in [0.25, 0.3) is 0 Å². The van der Waals surface area contributed by atoms with Crippen LogP contribution in [-0.2, 0) is 6.42 Å². The van der Waals surface area contributed by atoms with E-state index < -0.39 is 0 Å². The quantitative estimate of drug-likeness (QED) is 0.801. The average molecular weight is 226 g/mol. The molecule has 0 aliphatic rings. The van der Waals surface area contributed by atoms with Crippen molar-refractivity contribution < 1.29 is 9.84 Å². The number of benzene rings is 2. The van der Waals surface area contributed by atoms with E-state index >= 15 is 0 Å². The molecule has 0 aliphatic heterocycles. The molecule has 0 aliphatic carbocycles. The third-order valence-electron chi connectivity index (χ3n) is 2.39. The Balaban J connectivity index is 2.22. The van der Waals surface area contributed by atoms with Gasteiger partial charge in [-0.25, -0.2) is 0 Å². The summed E-state index contributed by atoms with van der Waals surface area (Å²) in [5.74, 6) is 1.76. The number of phenols is 1. The Morgan fingerprint density at radius 1 is 1.06 bits per heavy atom. The molecular weight excluding hydrogens is 212 g/mol. The van der Waals surface area contributed by atoms with Gasteiger partial charge in [-0.15, -0.1) is 6.58 Å². The number of aromatic hydroxyl groups is 1. The number of hydrogen-bond acceptors (Lipinski definition) is 2. The van der Waals surface area contributed by atoms with Crippen molar-refractivity contribution in [1.29, 1.82) is 0 Å². The zero-order valence-electron chi connectivity index (χ0n) is 9.47. The van der Waals surface area contributed by atoms with E-state index in [1.54, 1.807) is 18.2 Å². The van der Waals surface area contributed by atoms with Crippen LogP contribution in [-0.4, -0.2) is 5.11 Å². The van der Waals surface area contributed by atoms with Gasteiger partial charge in [-0.3, -0.25) is 0 Å². The van der Waals surface area contributed by atoms with Gasteiger partial charge in [0, 0.05) is 5.56 Å². The van der Waals surface area contributed by atoms with E-state index in [-0.39, 0.29) is 5.75 Å². The number of hydrogen-bond donors (Lipinski definition) is 1. The van der Waals surface area contributed by atoms with Crippen LogP contribution in [0.1, 0.15) is 5.56 Å². The van der Waals surface area contributed by atoms with E-state index in [4.69, 9.17) is 4.74 Å². The van der Waals surface area contributed by atoms with Crippen molar-refractivity contribution in [1.82, 2.24) is 0 Å². The maximum atomic E-state index is 9.63. The first-order chi connectivity index (χ1) is 8.29. The lowest BCUT2D eigenvalue weighted by atomic mass is 10.1. The molecule has 17 heavy (non-hydrogen) atoms. The first kappa shape index (κ1) is 11.3. The molecule has 0 saturated carbocycles. The van der Waals surface area contributed by atoms with Gasteiger partial charge < -0.3 is 9.84 Å². The Morgan fingerprint density at radius 3 is 2.53 bits per heavy atom. The lowest BCUT2D eigenvalue weighted by molar-refractivity contribution is 0.459. The summed E-state index contributed by atoms with van der Waals surface area (Å²) >= 11 is 0. The van der Waals surface area contributed by atoms with Crippen LogP contribution in [0.2, 0.25) is 0 Å². The zero-order valence-corrected chi connectivity index (χ0v) is 9.47. The van der Waals surface area contributed by atoms with E-state index in [2.05, 4.69) is 6.58 Å². The fourth-order valence-electron chi connectivity index (χ4n) is 1.57. The minimum absolute atomic E-state index is 0.269. The molecule has 0 aromatic heterocycles. The van der Waals surface area contributed by atoms with E-state index in [0.29, 0.717) is 12.2 Å².